The Hall–Kier alpha value is -3.66. The number of hydrogen-bond acceptors (Lipinski definition) is 2. The van der Waals surface area contributed by atoms with Crippen molar-refractivity contribution in [3.63, 3.8) is 0 Å². The van der Waals surface area contributed by atoms with Gasteiger partial charge in [-0.25, -0.2) is 9.47 Å². The van der Waals surface area contributed by atoms with Gasteiger partial charge in [0.2, 0.25) is 0 Å². The first-order valence-electron chi connectivity index (χ1n) is 8.26. The first kappa shape index (κ1) is 15.8. The molecule has 0 saturated carbocycles. The van der Waals surface area contributed by atoms with Crippen molar-refractivity contribution >= 4 is 23.1 Å². The molecule has 1 N–H and O–H groups in total. The van der Waals surface area contributed by atoms with Crippen molar-refractivity contribution in [1.82, 2.24) is 4.68 Å². The Morgan fingerprint density at radius 2 is 1.58 bits per heavy atom. The molecule has 0 spiro atoms. The second-order valence-electron chi connectivity index (χ2n) is 5.91. The zero-order chi connectivity index (χ0) is 17.9. The highest BCUT2D eigenvalue weighted by Gasteiger charge is 2.10. The maximum atomic E-state index is 11.4. The van der Waals surface area contributed by atoms with Gasteiger partial charge in [0.1, 0.15) is 0 Å². The van der Waals surface area contributed by atoms with Gasteiger partial charge in [-0.15, -0.1) is 0 Å². The third-order valence-electron chi connectivity index (χ3n) is 4.29. The predicted molar refractivity (Wildman–Crippen MR) is 104 cm³/mol. The van der Waals surface area contributed by atoms with Gasteiger partial charge in [0.25, 0.3) is 0 Å². The van der Waals surface area contributed by atoms with Crippen molar-refractivity contribution in [3.05, 3.63) is 96.2 Å². The van der Waals surface area contributed by atoms with Crippen molar-refractivity contribution in [2.45, 2.75) is 0 Å². The summed E-state index contributed by atoms with van der Waals surface area (Å²) in [6.45, 7) is 0. The van der Waals surface area contributed by atoms with Crippen molar-refractivity contribution in [3.8, 4) is 11.1 Å². The summed E-state index contributed by atoms with van der Waals surface area (Å²) >= 11 is 0. The van der Waals surface area contributed by atoms with E-state index in [0.29, 0.717) is 5.56 Å². The highest BCUT2D eigenvalue weighted by Crippen LogP contribution is 2.30. The molecule has 0 radical (unpaired) electrons. The number of carboxylic acids is 1. The fourth-order valence-corrected chi connectivity index (χ4v) is 3.03. The van der Waals surface area contributed by atoms with Crippen molar-refractivity contribution in [2.24, 2.45) is 5.10 Å². The second-order valence-corrected chi connectivity index (χ2v) is 5.91. The van der Waals surface area contributed by atoms with Crippen molar-refractivity contribution < 1.29 is 9.90 Å². The van der Waals surface area contributed by atoms with Crippen LogP contribution in [0.3, 0.4) is 0 Å². The lowest BCUT2D eigenvalue weighted by Crippen LogP contribution is -2.02. The van der Waals surface area contributed by atoms with Gasteiger partial charge in [-0.2, -0.15) is 5.10 Å². The summed E-state index contributed by atoms with van der Waals surface area (Å²) in [5.74, 6) is -0.964. The van der Waals surface area contributed by atoms with Crippen LogP contribution in [0.1, 0.15) is 15.9 Å². The van der Waals surface area contributed by atoms with E-state index in [0.717, 1.165) is 22.0 Å². The van der Waals surface area contributed by atoms with Gasteiger partial charge in [-0.1, -0.05) is 66.7 Å². The number of rotatable bonds is 4. The summed E-state index contributed by atoms with van der Waals surface area (Å²) in [7, 11) is 0. The third-order valence-corrected chi connectivity index (χ3v) is 4.29. The number of para-hydroxylation sites is 1. The van der Waals surface area contributed by atoms with Crippen molar-refractivity contribution in [2.75, 3.05) is 0 Å². The minimum Gasteiger partial charge on any atom is -0.478 e. The van der Waals surface area contributed by atoms with E-state index in [-0.39, 0.29) is 5.56 Å². The standard InChI is InChI=1S/C22H16N2O2/c25-22(26)18-11-5-4-10-17(18)14-23-24-15-20(16-8-2-1-3-9-16)19-12-6-7-13-21(19)24/h1-15H,(H,25,26). The fourth-order valence-electron chi connectivity index (χ4n) is 3.03. The smallest absolute Gasteiger partial charge is 0.336 e. The Kier molecular flexibility index (Phi) is 4.07. The van der Waals surface area contributed by atoms with Crippen LogP contribution in [-0.2, 0) is 0 Å². The summed E-state index contributed by atoms with van der Waals surface area (Å²) in [5.41, 5.74) is 3.97. The van der Waals surface area contributed by atoms with Crippen LogP contribution in [0.15, 0.2) is 90.2 Å². The molecule has 26 heavy (non-hydrogen) atoms. The minimum absolute atomic E-state index is 0.232. The number of benzene rings is 3. The SMILES string of the molecule is O=C(O)c1ccccc1C=Nn1cc(-c2ccccc2)c2ccccc21. The number of carbonyl (C=O) groups is 1. The Bertz CT molecular complexity index is 1110. The molecule has 0 fully saturated rings. The van der Waals surface area contributed by atoms with Gasteiger partial charge in [0, 0.05) is 22.7 Å². The van der Waals surface area contributed by atoms with Crippen LogP contribution in [0, 0.1) is 0 Å². The van der Waals surface area contributed by atoms with Crippen LogP contribution < -0.4 is 0 Å². The van der Waals surface area contributed by atoms with E-state index in [4.69, 9.17) is 0 Å². The van der Waals surface area contributed by atoms with E-state index < -0.39 is 5.97 Å². The molecule has 4 heteroatoms. The van der Waals surface area contributed by atoms with Gasteiger partial charge >= 0.3 is 5.97 Å². The van der Waals surface area contributed by atoms with E-state index in [1.165, 1.54) is 0 Å². The van der Waals surface area contributed by atoms with Crippen LogP contribution >= 0.6 is 0 Å². The van der Waals surface area contributed by atoms with Crippen LogP contribution in [0.2, 0.25) is 0 Å². The number of fused-ring (bicyclic) bond motifs is 1. The summed E-state index contributed by atoms with van der Waals surface area (Å²) in [4.78, 5) is 11.4. The topological polar surface area (TPSA) is 54.6 Å². The lowest BCUT2D eigenvalue weighted by Gasteiger charge is -2.00. The van der Waals surface area contributed by atoms with Crippen LogP contribution in [0.5, 0.6) is 0 Å². The minimum atomic E-state index is -0.964. The number of hydrogen-bond donors (Lipinski definition) is 1. The molecule has 0 unspecified atom stereocenters. The molecule has 126 valence electrons. The molecule has 0 aliphatic heterocycles. The quantitative estimate of drug-likeness (QED) is 0.538. The molecule has 4 nitrogen and oxygen atoms in total. The average molecular weight is 340 g/mol. The maximum Gasteiger partial charge on any atom is 0.336 e. The lowest BCUT2D eigenvalue weighted by atomic mass is 10.1. The zero-order valence-electron chi connectivity index (χ0n) is 13.9. The van der Waals surface area contributed by atoms with E-state index in [1.54, 1.807) is 35.2 Å². The first-order valence-corrected chi connectivity index (χ1v) is 8.26. The molecule has 4 aromatic rings. The van der Waals surface area contributed by atoms with Crippen molar-refractivity contribution in [1.29, 1.82) is 0 Å². The molecule has 0 atom stereocenters. The molecule has 0 bridgehead atoms. The van der Waals surface area contributed by atoms with Gasteiger partial charge in [-0.3, -0.25) is 0 Å². The molecule has 1 aromatic heterocycles. The predicted octanol–water partition coefficient (Wildman–Crippen LogP) is 4.89. The van der Waals surface area contributed by atoms with E-state index >= 15 is 0 Å². The van der Waals surface area contributed by atoms with Crippen LogP contribution in [-0.4, -0.2) is 22.0 Å². The van der Waals surface area contributed by atoms with Crippen LogP contribution in [0.25, 0.3) is 22.0 Å². The second kappa shape index (κ2) is 6.69. The number of aromatic carboxylic acids is 1. The van der Waals surface area contributed by atoms with E-state index in [9.17, 15) is 9.90 Å². The maximum absolute atomic E-state index is 11.4. The van der Waals surface area contributed by atoms with Gasteiger partial charge in [0.15, 0.2) is 0 Å². The Morgan fingerprint density at radius 1 is 0.885 bits per heavy atom. The van der Waals surface area contributed by atoms with Gasteiger partial charge in [0.05, 0.1) is 17.3 Å². The lowest BCUT2D eigenvalue weighted by molar-refractivity contribution is 0.0697. The van der Waals surface area contributed by atoms with Gasteiger partial charge in [-0.05, 0) is 17.7 Å². The van der Waals surface area contributed by atoms with E-state index in [1.807, 2.05) is 42.6 Å². The largest absolute Gasteiger partial charge is 0.478 e. The highest BCUT2D eigenvalue weighted by molar-refractivity contribution is 5.99. The Balaban J connectivity index is 1.82. The van der Waals surface area contributed by atoms with E-state index in [2.05, 4.69) is 23.3 Å². The van der Waals surface area contributed by atoms with Gasteiger partial charge < -0.3 is 5.11 Å². The Morgan fingerprint density at radius 3 is 2.38 bits per heavy atom. The summed E-state index contributed by atoms with van der Waals surface area (Å²) in [6.07, 6.45) is 3.56. The molecular formula is C22H16N2O2. The normalized spacial score (nSPS) is 11.2. The summed E-state index contributed by atoms with van der Waals surface area (Å²) in [6, 6.07) is 25.0. The Labute approximate surface area is 150 Å². The average Bonchev–Trinajstić information content (AvgIpc) is 3.06. The third kappa shape index (κ3) is 2.89. The first-order chi connectivity index (χ1) is 12.7. The number of aromatic nitrogens is 1. The molecule has 0 saturated heterocycles. The monoisotopic (exact) mass is 340 g/mol. The summed E-state index contributed by atoms with van der Waals surface area (Å²) < 4.78 is 1.79. The molecular weight excluding hydrogens is 324 g/mol. The molecule has 0 amide bonds. The zero-order valence-corrected chi connectivity index (χ0v) is 13.9. The molecule has 0 aliphatic rings. The molecule has 3 aromatic carbocycles. The number of nitrogens with zero attached hydrogens (tertiary/aromatic N) is 2. The molecule has 4 rings (SSSR count). The fraction of sp³-hybridized carbons (Fsp3) is 0. The molecule has 0 aliphatic carbocycles. The summed E-state index contributed by atoms with van der Waals surface area (Å²) in [5, 5.41) is 14.9. The number of carboxylic acid groups (broad SMARTS) is 1. The van der Waals surface area contributed by atoms with Crippen LogP contribution in [0.4, 0.5) is 0 Å². The highest BCUT2D eigenvalue weighted by atomic mass is 16.4. The molecule has 1 heterocycles.